The molecule has 1 aromatic heterocycles. The second-order valence-electron chi connectivity index (χ2n) is 7.67. The summed E-state index contributed by atoms with van der Waals surface area (Å²) in [6.45, 7) is 2.03. The SMILES string of the molecule is CC[C@@H]1C[C@H](C(F)(F)F)n2nc([C@H]3CCCN3S(=O)(=O)c3ccc(F)cc3)cc2N1. The fourth-order valence-corrected chi connectivity index (χ4v) is 5.83. The summed E-state index contributed by atoms with van der Waals surface area (Å²) in [5.74, 6) is -0.306. The fourth-order valence-electron chi connectivity index (χ4n) is 4.17. The van der Waals surface area contributed by atoms with Crippen LogP contribution >= 0.6 is 0 Å². The zero-order valence-corrected chi connectivity index (χ0v) is 17.0. The molecule has 0 unspecified atom stereocenters. The summed E-state index contributed by atoms with van der Waals surface area (Å²) in [5, 5.41) is 7.26. The number of sulfonamides is 1. The number of nitrogens with one attached hydrogen (secondary N) is 1. The van der Waals surface area contributed by atoms with Crippen molar-refractivity contribution in [3.05, 3.63) is 41.8 Å². The van der Waals surface area contributed by atoms with E-state index in [1.165, 1.54) is 22.5 Å². The van der Waals surface area contributed by atoms with Crippen molar-refractivity contribution in [3.63, 3.8) is 0 Å². The molecular weight excluding hydrogens is 424 g/mol. The smallest absolute Gasteiger partial charge is 0.367 e. The van der Waals surface area contributed by atoms with Gasteiger partial charge in [-0.2, -0.15) is 22.6 Å². The van der Waals surface area contributed by atoms with Gasteiger partial charge in [0, 0.05) is 18.7 Å². The van der Waals surface area contributed by atoms with Crippen LogP contribution in [0, 0.1) is 5.82 Å². The summed E-state index contributed by atoms with van der Waals surface area (Å²) < 4.78 is 82.3. The van der Waals surface area contributed by atoms with Crippen molar-refractivity contribution >= 4 is 15.8 Å². The molecule has 0 bridgehead atoms. The van der Waals surface area contributed by atoms with Crippen LogP contribution < -0.4 is 5.32 Å². The number of fused-ring (bicyclic) bond motifs is 1. The molecule has 1 N–H and O–H groups in total. The van der Waals surface area contributed by atoms with Crippen molar-refractivity contribution in [2.24, 2.45) is 0 Å². The molecular formula is C19H22F4N4O2S. The molecule has 6 nitrogen and oxygen atoms in total. The normalized spacial score (nSPS) is 25.2. The first-order chi connectivity index (χ1) is 14.1. The highest BCUT2D eigenvalue weighted by molar-refractivity contribution is 7.89. The van der Waals surface area contributed by atoms with Crippen LogP contribution in [0.2, 0.25) is 0 Å². The number of rotatable bonds is 4. The van der Waals surface area contributed by atoms with Crippen molar-refractivity contribution in [2.75, 3.05) is 11.9 Å². The molecule has 0 spiro atoms. The Bertz CT molecular complexity index is 1020. The van der Waals surface area contributed by atoms with Crippen molar-refractivity contribution < 1.29 is 26.0 Å². The molecule has 1 aromatic carbocycles. The second kappa shape index (κ2) is 7.52. The Labute approximate surface area is 171 Å². The first-order valence-electron chi connectivity index (χ1n) is 9.81. The Kier molecular flexibility index (Phi) is 5.29. The highest BCUT2D eigenvalue weighted by atomic mass is 32.2. The number of alkyl halides is 3. The number of nitrogens with zero attached hydrogens (tertiary/aromatic N) is 3. The minimum Gasteiger partial charge on any atom is -0.367 e. The van der Waals surface area contributed by atoms with Crippen LogP contribution in [0.3, 0.4) is 0 Å². The molecule has 1 saturated heterocycles. The quantitative estimate of drug-likeness (QED) is 0.714. The molecule has 0 radical (unpaired) electrons. The summed E-state index contributed by atoms with van der Waals surface area (Å²) in [5.41, 5.74) is 0.284. The Morgan fingerprint density at radius 2 is 1.93 bits per heavy atom. The summed E-state index contributed by atoms with van der Waals surface area (Å²) in [6.07, 6.45) is -3.05. The van der Waals surface area contributed by atoms with Gasteiger partial charge in [-0.05, 0) is 49.9 Å². The highest BCUT2D eigenvalue weighted by Crippen LogP contribution is 2.43. The number of hydrogen-bond donors (Lipinski definition) is 1. The average Bonchev–Trinajstić information content (AvgIpc) is 3.33. The number of halogens is 4. The predicted molar refractivity (Wildman–Crippen MR) is 102 cm³/mol. The van der Waals surface area contributed by atoms with E-state index in [4.69, 9.17) is 0 Å². The third-order valence-corrected chi connectivity index (χ3v) is 7.67. The molecule has 3 atom stereocenters. The monoisotopic (exact) mass is 446 g/mol. The van der Waals surface area contributed by atoms with Crippen molar-refractivity contribution in [1.82, 2.24) is 14.1 Å². The van der Waals surface area contributed by atoms with Gasteiger partial charge in [-0.1, -0.05) is 6.92 Å². The van der Waals surface area contributed by atoms with E-state index in [0.29, 0.717) is 19.3 Å². The average molecular weight is 446 g/mol. The standard InChI is InChI=1S/C19H22F4N4O2S/c1-2-13-10-17(19(21,22)23)27-18(24-13)11-15(25-27)16-4-3-9-26(16)30(28,29)14-7-5-12(20)6-8-14/h5-8,11,13,16-17,24H,2-4,9-10H2,1H3/t13-,16-,17-/m1/s1. The van der Waals surface area contributed by atoms with Gasteiger partial charge in [0.2, 0.25) is 10.0 Å². The number of anilines is 1. The summed E-state index contributed by atoms with van der Waals surface area (Å²) >= 11 is 0. The van der Waals surface area contributed by atoms with Gasteiger partial charge in [0.25, 0.3) is 0 Å². The summed E-state index contributed by atoms with van der Waals surface area (Å²) in [7, 11) is -3.94. The molecule has 3 heterocycles. The van der Waals surface area contributed by atoms with Gasteiger partial charge in [0.05, 0.1) is 16.6 Å². The maximum absolute atomic E-state index is 13.6. The lowest BCUT2D eigenvalue weighted by atomic mass is 10.0. The lowest BCUT2D eigenvalue weighted by Gasteiger charge is -2.32. The van der Waals surface area contributed by atoms with E-state index in [1.54, 1.807) is 0 Å². The van der Waals surface area contributed by atoms with Crippen LogP contribution in [0.5, 0.6) is 0 Å². The minimum atomic E-state index is -4.46. The lowest BCUT2D eigenvalue weighted by molar-refractivity contribution is -0.173. The molecule has 2 aliphatic rings. The Morgan fingerprint density at radius 3 is 2.57 bits per heavy atom. The molecule has 0 saturated carbocycles. The first kappa shape index (κ1) is 21.1. The number of aromatic nitrogens is 2. The van der Waals surface area contributed by atoms with Crippen molar-refractivity contribution in [1.29, 1.82) is 0 Å². The van der Waals surface area contributed by atoms with Gasteiger partial charge in [0.15, 0.2) is 6.04 Å². The van der Waals surface area contributed by atoms with E-state index in [1.807, 2.05) is 6.92 Å². The molecule has 1 fully saturated rings. The van der Waals surface area contributed by atoms with E-state index in [9.17, 15) is 26.0 Å². The summed E-state index contributed by atoms with van der Waals surface area (Å²) in [6, 6.07) is 3.26. The third kappa shape index (κ3) is 3.68. The van der Waals surface area contributed by atoms with Crippen LogP contribution in [0.15, 0.2) is 35.2 Å². The number of hydrogen-bond acceptors (Lipinski definition) is 4. The molecule has 2 aromatic rings. The molecule has 2 aliphatic heterocycles. The molecule has 0 amide bonds. The van der Waals surface area contributed by atoms with Crippen molar-refractivity contribution in [3.8, 4) is 0 Å². The first-order valence-corrected chi connectivity index (χ1v) is 11.3. The van der Waals surface area contributed by atoms with Crippen molar-refractivity contribution in [2.45, 2.75) is 61.8 Å². The second-order valence-corrected chi connectivity index (χ2v) is 9.56. The van der Waals surface area contributed by atoms with Crippen LogP contribution in [-0.2, 0) is 10.0 Å². The van der Waals surface area contributed by atoms with Gasteiger partial charge >= 0.3 is 6.18 Å². The van der Waals surface area contributed by atoms with E-state index in [-0.39, 0.29) is 35.4 Å². The Hall–Kier alpha value is -2.14. The van der Waals surface area contributed by atoms with Crippen LogP contribution in [-0.4, -0.2) is 41.3 Å². The highest BCUT2D eigenvalue weighted by Gasteiger charge is 2.47. The maximum Gasteiger partial charge on any atom is 0.410 e. The maximum atomic E-state index is 13.6. The Morgan fingerprint density at radius 1 is 1.23 bits per heavy atom. The van der Waals surface area contributed by atoms with Gasteiger partial charge in [-0.25, -0.2) is 17.5 Å². The van der Waals surface area contributed by atoms with Gasteiger partial charge in [-0.3, -0.25) is 0 Å². The molecule has 30 heavy (non-hydrogen) atoms. The molecule has 11 heteroatoms. The van der Waals surface area contributed by atoms with Gasteiger partial charge in [-0.15, -0.1) is 0 Å². The topological polar surface area (TPSA) is 67.2 Å². The molecule has 4 rings (SSSR count). The zero-order valence-electron chi connectivity index (χ0n) is 16.2. The Balaban J connectivity index is 1.69. The minimum absolute atomic E-state index is 0.0582. The molecule has 164 valence electrons. The summed E-state index contributed by atoms with van der Waals surface area (Å²) in [4.78, 5) is -0.0582. The van der Waals surface area contributed by atoms with Crippen LogP contribution in [0.4, 0.5) is 23.4 Å². The third-order valence-electron chi connectivity index (χ3n) is 5.75. The van der Waals surface area contributed by atoms with Gasteiger partial charge in [0.1, 0.15) is 11.6 Å². The molecule has 0 aliphatic carbocycles. The largest absolute Gasteiger partial charge is 0.410 e. The number of benzene rings is 1. The van der Waals surface area contributed by atoms with E-state index in [0.717, 1.165) is 16.8 Å². The van der Waals surface area contributed by atoms with E-state index < -0.39 is 34.1 Å². The van der Waals surface area contributed by atoms with Crippen LogP contribution in [0.25, 0.3) is 0 Å². The van der Waals surface area contributed by atoms with Crippen LogP contribution in [0.1, 0.15) is 50.4 Å². The van der Waals surface area contributed by atoms with Gasteiger partial charge < -0.3 is 5.32 Å². The van der Waals surface area contributed by atoms with E-state index in [2.05, 4.69) is 10.4 Å². The fraction of sp³-hybridized carbons (Fsp3) is 0.526. The van der Waals surface area contributed by atoms with E-state index >= 15 is 0 Å². The lowest BCUT2D eigenvalue weighted by Crippen LogP contribution is -2.39. The predicted octanol–water partition coefficient (Wildman–Crippen LogP) is 4.25. The zero-order chi connectivity index (χ0) is 21.7.